The fourth-order valence-corrected chi connectivity index (χ4v) is 1.05. The average molecular weight is 240 g/mol. The first kappa shape index (κ1) is 15.4. The van der Waals surface area contributed by atoms with Gasteiger partial charge in [-0.2, -0.15) is 0 Å². The molecule has 0 atom stereocenters. The highest BCUT2D eigenvalue weighted by Gasteiger charge is 2.12. The normalized spacial score (nSPS) is 9.65. The van der Waals surface area contributed by atoms with Crippen molar-refractivity contribution >= 4 is 11.8 Å². The molecule has 0 N–H and O–H groups in total. The van der Waals surface area contributed by atoms with Crippen molar-refractivity contribution in [3.63, 3.8) is 0 Å². The number of carbonyl (C=O) groups excluding carboxylic acids is 2. The lowest BCUT2D eigenvalue weighted by molar-refractivity contribution is -0.125. The van der Waals surface area contributed by atoms with Crippen LogP contribution in [0.2, 0.25) is 0 Å². The second kappa shape index (κ2) is 6.85. The fourth-order valence-electron chi connectivity index (χ4n) is 1.05. The zero-order chi connectivity index (χ0) is 13.6. The summed E-state index contributed by atoms with van der Waals surface area (Å²) in [5.41, 5.74) is 0.695. The first-order chi connectivity index (χ1) is 7.77. The lowest BCUT2D eigenvalue weighted by Gasteiger charge is -2.14. The van der Waals surface area contributed by atoms with E-state index in [2.05, 4.69) is 13.2 Å². The first-order valence-electron chi connectivity index (χ1n) is 5.14. The number of hydrogen-bond acceptors (Lipinski definition) is 3. The average Bonchev–Trinajstić information content (AvgIpc) is 2.26. The molecule has 5 heteroatoms. The Morgan fingerprint density at radius 2 is 1.18 bits per heavy atom. The van der Waals surface area contributed by atoms with Crippen LogP contribution in [0.5, 0.6) is 0 Å². The Morgan fingerprint density at radius 1 is 0.882 bits per heavy atom. The Kier molecular flexibility index (Phi) is 6.20. The largest absolute Gasteiger partial charge is 0.372 e. The third-order valence-corrected chi connectivity index (χ3v) is 1.97. The monoisotopic (exact) mass is 240 g/mol. The molecule has 0 aliphatic carbocycles. The van der Waals surface area contributed by atoms with Gasteiger partial charge in [-0.3, -0.25) is 9.59 Å². The molecule has 0 heterocycles. The van der Waals surface area contributed by atoms with Gasteiger partial charge in [0.2, 0.25) is 0 Å². The minimum atomic E-state index is -0.186. The van der Waals surface area contributed by atoms with Gasteiger partial charge in [0.05, 0.1) is 13.2 Å². The molecule has 0 saturated carbocycles. The lowest BCUT2D eigenvalue weighted by atomic mass is 10.2. The first-order valence-corrected chi connectivity index (χ1v) is 5.14. The summed E-state index contributed by atoms with van der Waals surface area (Å²) in [6, 6.07) is 0. The molecule has 0 saturated heterocycles. The van der Waals surface area contributed by atoms with Gasteiger partial charge in [-0.25, -0.2) is 0 Å². The molecule has 96 valence electrons. The summed E-state index contributed by atoms with van der Waals surface area (Å²) < 4.78 is 5.21. The van der Waals surface area contributed by atoms with Gasteiger partial charge in [0.15, 0.2) is 0 Å². The molecule has 2 amide bonds. The van der Waals surface area contributed by atoms with Crippen molar-refractivity contribution in [2.24, 2.45) is 0 Å². The van der Waals surface area contributed by atoms with Crippen molar-refractivity contribution in [1.82, 2.24) is 9.80 Å². The van der Waals surface area contributed by atoms with E-state index in [4.69, 9.17) is 4.74 Å². The lowest BCUT2D eigenvalue weighted by Crippen LogP contribution is -2.27. The summed E-state index contributed by atoms with van der Waals surface area (Å²) in [5, 5.41) is 0. The number of nitrogens with zero attached hydrogens (tertiary/aromatic N) is 2. The molecule has 0 rings (SSSR count). The van der Waals surface area contributed by atoms with E-state index in [0.717, 1.165) is 0 Å². The molecule has 0 radical (unpaired) electrons. The van der Waals surface area contributed by atoms with E-state index in [1.165, 1.54) is 9.80 Å². The number of likely N-dealkylation sites (N-methyl/N-ethyl adjacent to an activating group) is 2. The van der Waals surface area contributed by atoms with Gasteiger partial charge in [-0.05, 0) is 0 Å². The minimum Gasteiger partial charge on any atom is -0.372 e. The second-order valence-electron chi connectivity index (χ2n) is 4.10. The van der Waals surface area contributed by atoms with E-state index in [-0.39, 0.29) is 25.0 Å². The molecular formula is C12H20N2O3. The molecule has 0 aromatic rings. The maximum Gasteiger partial charge on any atom is 0.251 e. The van der Waals surface area contributed by atoms with E-state index in [1.807, 2.05) is 0 Å². The van der Waals surface area contributed by atoms with Gasteiger partial charge >= 0.3 is 0 Å². The van der Waals surface area contributed by atoms with E-state index in [0.29, 0.717) is 11.1 Å². The maximum absolute atomic E-state index is 11.4. The van der Waals surface area contributed by atoms with Gasteiger partial charge in [-0.1, -0.05) is 13.2 Å². The molecule has 0 aromatic carbocycles. The molecule has 0 aliphatic heterocycles. The summed E-state index contributed by atoms with van der Waals surface area (Å²) >= 11 is 0. The molecule has 0 aromatic heterocycles. The SMILES string of the molecule is C=C(COCC(=C)C(=O)N(C)C)C(=O)N(C)C. The standard InChI is InChI=1S/C12H20N2O3/c1-9(11(15)13(3)4)7-17-8-10(2)12(16)14(5)6/h1-2,7-8H2,3-6H3. The Morgan fingerprint density at radius 3 is 1.41 bits per heavy atom. The summed E-state index contributed by atoms with van der Waals surface area (Å²) in [7, 11) is 6.56. The van der Waals surface area contributed by atoms with Gasteiger partial charge in [0, 0.05) is 39.3 Å². The van der Waals surface area contributed by atoms with Gasteiger partial charge < -0.3 is 14.5 Å². The highest BCUT2D eigenvalue weighted by atomic mass is 16.5. The topological polar surface area (TPSA) is 49.9 Å². The van der Waals surface area contributed by atoms with Gasteiger partial charge in [0.1, 0.15) is 0 Å². The third kappa shape index (κ3) is 5.31. The van der Waals surface area contributed by atoms with Crippen LogP contribution in [0.1, 0.15) is 0 Å². The highest BCUT2D eigenvalue weighted by molar-refractivity contribution is 5.93. The van der Waals surface area contributed by atoms with E-state index >= 15 is 0 Å². The number of ether oxygens (including phenoxy) is 1. The Hall–Kier alpha value is -1.62. The van der Waals surface area contributed by atoms with Crippen LogP contribution in [0.15, 0.2) is 24.3 Å². The Bertz CT molecular complexity index is 301. The fraction of sp³-hybridized carbons (Fsp3) is 0.500. The van der Waals surface area contributed by atoms with E-state index < -0.39 is 0 Å². The number of hydrogen-bond donors (Lipinski definition) is 0. The van der Waals surface area contributed by atoms with Crippen LogP contribution in [0.4, 0.5) is 0 Å². The molecule has 17 heavy (non-hydrogen) atoms. The predicted octanol–water partition coefficient (Wildman–Crippen LogP) is 0.292. The van der Waals surface area contributed by atoms with Crippen LogP contribution < -0.4 is 0 Å². The number of carbonyl (C=O) groups is 2. The quantitative estimate of drug-likeness (QED) is 0.627. The summed E-state index contributed by atoms with van der Waals surface area (Å²) in [4.78, 5) is 25.7. The third-order valence-electron chi connectivity index (χ3n) is 1.97. The summed E-state index contributed by atoms with van der Waals surface area (Å²) in [6.45, 7) is 7.41. The van der Waals surface area contributed by atoms with Gasteiger partial charge in [0.25, 0.3) is 11.8 Å². The summed E-state index contributed by atoms with van der Waals surface area (Å²) in [6.07, 6.45) is 0. The molecule has 0 spiro atoms. The smallest absolute Gasteiger partial charge is 0.251 e. The maximum atomic E-state index is 11.4. The van der Waals surface area contributed by atoms with Crippen molar-refractivity contribution in [3.8, 4) is 0 Å². The zero-order valence-electron chi connectivity index (χ0n) is 10.9. The molecular weight excluding hydrogens is 220 g/mol. The van der Waals surface area contributed by atoms with Crippen LogP contribution in [0.3, 0.4) is 0 Å². The molecule has 0 aliphatic rings. The molecule has 0 unspecified atom stereocenters. The van der Waals surface area contributed by atoms with Gasteiger partial charge in [-0.15, -0.1) is 0 Å². The van der Waals surface area contributed by atoms with Crippen molar-refractivity contribution in [2.45, 2.75) is 0 Å². The van der Waals surface area contributed by atoms with Crippen molar-refractivity contribution in [2.75, 3.05) is 41.4 Å². The van der Waals surface area contributed by atoms with Crippen molar-refractivity contribution in [1.29, 1.82) is 0 Å². The second-order valence-corrected chi connectivity index (χ2v) is 4.10. The van der Waals surface area contributed by atoms with Crippen molar-refractivity contribution < 1.29 is 14.3 Å². The van der Waals surface area contributed by atoms with E-state index in [1.54, 1.807) is 28.2 Å². The van der Waals surface area contributed by atoms with Crippen LogP contribution >= 0.6 is 0 Å². The van der Waals surface area contributed by atoms with E-state index in [9.17, 15) is 9.59 Å². The van der Waals surface area contributed by atoms with Crippen LogP contribution in [0.25, 0.3) is 0 Å². The predicted molar refractivity (Wildman–Crippen MR) is 66.5 cm³/mol. The van der Waals surface area contributed by atoms with Crippen LogP contribution in [0, 0.1) is 0 Å². The summed E-state index contributed by atoms with van der Waals surface area (Å²) in [5.74, 6) is -0.371. The number of rotatable bonds is 6. The zero-order valence-corrected chi connectivity index (χ0v) is 10.9. The van der Waals surface area contributed by atoms with Crippen molar-refractivity contribution in [3.05, 3.63) is 24.3 Å². The molecule has 5 nitrogen and oxygen atoms in total. The minimum absolute atomic E-state index is 0.0940. The molecule has 0 bridgehead atoms. The Labute approximate surface area is 102 Å². The van der Waals surface area contributed by atoms with Crippen LogP contribution in [-0.4, -0.2) is 63.0 Å². The highest BCUT2D eigenvalue weighted by Crippen LogP contribution is 2.00. The van der Waals surface area contributed by atoms with Crippen LogP contribution in [-0.2, 0) is 14.3 Å². The number of amides is 2. The Balaban J connectivity index is 4.01. The molecule has 0 fully saturated rings.